The van der Waals surface area contributed by atoms with Crippen LogP contribution >= 0.6 is 0 Å². The predicted octanol–water partition coefficient (Wildman–Crippen LogP) is 0.555. The van der Waals surface area contributed by atoms with E-state index in [1.807, 2.05) is 0 Å². The summed E-state index contributed by atoms with van der Waals surface area (Å²) in [5, 5.41) is 8.97. The number of hydrogen-bond donors (Lipinski definition) is 2. The fraction of sp³-hybridized carbons (Fsp3) is 0.500. The minimum atomic E-state index is -3.40. The zero-order valence-electron chi connectivity index (χ0n) is 10.1. The molecule has 0 aliphatic heterocycles. The van der Waals surface area contributed by atoms with Crippen LogP contribution in [0, 0.1) is 0 Å². The van der Waals surface area contributed by atoms with E-state index in [0.29, 0.717) is 11.3 Å². The third kappa shape index (κ3) is 3.01. The Kier molecular flexibility index (Phi) is 3.89. The van der Waals surface area contributed by atoms with Crippen molar-refractivity contribution in [2.45, 2.75) is 24.6 Å². The van der Waals surface area contributed by atoms with Gasteiger partial charge in [0, 0.05) is 18.3 Å². The van der Waals surface area contributed by atoms with Gasteiger partial charge in [-0.3, -0.25) is 0 Å². The Bertz CT molecular complexity index is 512. The average Bonchev–Trinajstić information content (AvgIpc) is 3.12. The highest BCUT2D eigenvalue weighted by Crippen LogP contribution is 2.30. The summed E-state index contributed by atoms with van der Waals surface area (Å²) in [6, 6.07) is 7.02. The fourth-order valence-corrected chi connectivity index (χ4v) is 3.80. The molecule has 1 aliphatic rings. The van der Waals surface area contributed by atoms with Gasteiger partial charge in [-0.2, -0.15) is 4.31 Å². The van der Waals surface area contributed by atoms with E-state index in [-0.39, 0.29) is 24.9 Å². The largest absolute Gasteiger partial charge is 0.398 e. The maximum Gasteiger partial charge on any atom is 0.218 e. The van der Waals surface area contributed by atoms with Gasteiger partial charge in [0.2, 0.25) is 10.0 Å². The number of nitrogens with zero attached hydrogens (tertiary/aromatic N) is 1. The SMILES string of the molecule is Nc1ccccc1CS(=O)(=O)N(CCO)C1CC1. The molecule has 0 radical (unpaired) electrons. The zero-order valence-corrected chi connectivity index (χ0v) is 10.9. The van der Waals surface area contributed by atoms with Crippen LogP contribution in [0.3, 0.4) is 0 Å². The Morgan fingerprint density at radius 1 is 1.33 bits per heavy atom. The van der Waals surface area contributed by atoms with Crippen LogP contribution in [0.15, 0.2) is 24.3 Å². The van der Waals surface area contributed by atoms with Crippen LogP contribution in [0.25, 0.3) is 0 Å². The summed E-state index contributed by atoms with van der Waals surface area (Å²) in [5.41, 5.74) is 6.86. The van der Waals surface area contributed by atoms with Crippen molar-refractivity contribution in [2.75, 3.05) is 18.9 Å². The second kappa shape index (κ2) is 5.26. The Labute approximate surface area is 107 Å². The summed E-state index contributed by atoms with van der Waals surface area (Å²) in [7, 11) is -3.40. The maximum absolute atomic E-state index is 12.3. The van der Waals surface area contributed by atoms with Crippen molar-refractivity contribution < 1.29 is 13.5 Å². The van der Waals surface area contributed by atoms with E-state index in [1.165, 1.54) is 4.31 Å². The molecular formula is C12H18N2O3S. The quantitative estimate of drug-likeness (QED) is 0.740. The average molecular weight is 270 g/mol. The van der Waals surface area contributed by atoms with Crippen molar-refractivity contribution in [3.63, 3.8) is 0 Å². The highest BCUT2D eigenvalue weighted by atomic mass is 32.2. The lowest BCUT2D eigenvalue weighted by molar-refractivity contribution is 0.250. The van der Waals surface area contributed by atoms with Crippen LogP contribution in [0.2, 0.25) is 0 Å². The molecule has 0 aromatic heterocycles. The molecule has 1 fully saturated rings. The Hall–Kier alpha value is -1.11. The maximum atomic E-state index is 12.3. The molecule has 3 N–H and O–H groups in total. The van der Waals surface area contributed by atoms with Crippen molar-refractivity contribution in [3.05, 3.63) is 29.8 Å². The van der Waals surface area contributed by atoms with Gasteiger partial charge in [0.05, 0.1) is 12.4 Å². The number of anilines is 1. The smallest absolute Gasteiger partial charge is 0.218 e. The fourth-order valence-electron chi connectivity index (χ4n) is 1.95. The third-order valence-corrected chi connectivity index (χ3v) is 4.90. The number of hydrogen-bond acceptors (Lipinski definition) is 4. The number of rotatable bonds is 6. The first kappa shape index (κ1) is 13.3. The van der Waals surface area contributed by atoms with E-state index >= 15 is 0 Å². The van der Waals surface area contributed by atoms with Crippen LogP contribution in [-0.2, 0) is 15.8 Å². The highest BCUT2D eigenvalue weighted by Gasteiger charge is 2.36. The summed E-state index contributed by atoms with van der Waals surface area (Å²) in [6.07, 6.45) is 1.76. The molecule has 5 nitrogen and oxygen atoms in total. The first-order valence-electron chi connectivity index (χ1n) is 5.98. The lowest BCUT2D eigenvalue weighted by atomic mass is 10.2. The first-order chi connectivity index (χ1) is 8.54. The third-order valence-electron chi connectivity index (χ3n) is 3.02. The Morgan fingerprint density at radius 3 is 2.56 bits per heavy atom. The molecule has 0 unspecified atom stereocenters. The number of sulfonamides is 1. The minimum Gasteiger partial charge on any atom is -0.398 e. The molecule has 2 rings (SSSR count). The Morgan fingerprint density at radius 2 is 2.00 bits per heavy atom. The molecule has 1 aromatic rings. The van der Waals surface area contributed by atoms with Gasteiger partial charge in [0.15, 0.2) is 0 Å². The van der Waals surface area contributed by atoms with Crippen molar-refractivity contribution in [1.29, 1.82) is 0 Å². The second-order valence-electron chi connectivity index (χ2n) is 4.52. The molecule has 6 heteroatoms. The lowest BCUT2D eigenvalue weighted by Crippen LogP contribution is -2.36. The van der Waals surface area contributed by atoms with Gasteiger partial charge < -0.3 is 10.8 Å². The van der Waals surface area contributed by atoms with Crippen LogP contribution < -0.4 is 5.73 Å². The number of benzene rings is 1. The normalized spacial score (nSPS) is 16.1. The molecule has 0 spiro atoms. The first-order valence-corrected chi connectivity index (χ1v) is 7.59. The van der Waals surface area contributed by atoms with E-state index in [4.69, 9.17) is 10.8 Å². The summed E-state index contributed by atoms with van der Waals surface area (Å²) in [5.74, 6) is -0.101. The predicted molar refractivity (Wildman–Crippen MR) is 70.3 cm³/mol. The number of para-hydroxylation sites is 1. The monoisotopic (exact) mass is 270 g/mol. The molecular weight excluding hydrogens is 252 g/mol. The summed E-state index contributed by atoms with van der Waals surface area (Å²) in [6.45, 7) is 0.0136. The molecule has 100 valence electrons. The molecule has 1 aliphatic carbocycles. The van der Waals surface area contributed by atoms with Crippen LogP contribution in [0.1, 0.15) is 18.4 Å². The van der Waals surface area contributed by atoms with Gasteiger partial charge in [-0.05, 0) is 24.5 Å². The van der Waals surface area contributed by atoms with Gasteiger partial charge in [-0.1, -0.05) is 18.2 Å². The molecule has 0 saturated heterocycles. The van der Waals surface area contributed by atoms with Crippen molar-refractivity contribution >= 4 is 15.7 Å². The van der Waals surface area contributed by atoms with Gasteiger partial charge in [0.1, 0.15) is 0 Å². The topological polar surface area (TPSA) is 83.6 Å². The summed E-state index contributed by atoms with van der Waals surface area (Å²) < 4.78 is 26.0. The molecule has 0 bridgehead atoms. The van der Waals surface area contributed by atoms with Crippen LogP contribution in [0.4, 0.5) is 5.69 Å². The summed E-state index contributed by atoms with van der Waals surface area (Å²) in [4.78, 5) is 0. The Balaban J connectivity index is 2.17. The van der Waals surface area contributed by atoms with E-state index in [0.717, 1.165) is 12.8 Å². The van der Waals surface area contributed by atoms with Gasteiger partial charge in [0.25, 0.3) is 0 Å². The lowest BCUT2D eigenvalue weighted by Gasteiger charge is -2.21. The molecule has 0 atom stereocenters. The molecule has 1 saturated carbocycles. The minimum absolute atomic E-state index is 0.0621. The van der Waals surface area contributed by atoms with E-state index in [2.05, 4.69) is 0 Å². The van der Waals surface area contributed by atoms with Gasteiger partial charge in [-0.15, -0.1) is 0 Å². The zero-order chi connectivity index (χ0) is 13.2. The van der Waals surface area contributed by atoms with Crippen molar-refractivity contribution in [3.8, 4) is 0 Å². The summed E-state index contributed by atoms with van der Waals surface area (Å²) >= 11 is 0. The van der Waals surface area contributed by atoms with E-state index in [9.17, 15) is 8.42 Å². The molecule has 18 heavy (non-hydrogen) atoms. The number of aliphatic hydroxyl groups is 1. The van der Waals surface area contributed by atoms with Crippen LogP contribution in [0.5, 0.6) is 0 Å². The van der Waals surface area contributed by atoms with Crippen molar-refractivity contribution in [2.24, 2.45) is 0 Å². The van der Waals surface area contributed by atoms with Gasteiger partial charge >= 0.3 is 0 Å². The number of nitrogen functional groups attached to an aromatic ring is 1. The highest BCUT2D eigenvalue weighted by molar-refractivity contribution is 7.88. The molecule has 1 aromatic carbocycles. The van der Waals surface area contributed by atoms with E-state index < -0.39 is 10.0 Å². The number of aliphatic hydroxyl groups excluding tert-OH is 1. The van der Waals surface area contributed by atoms with Crippen LogP contribution in [-0.4, -0.2) is 37.0 Å². The molecule has 0 heterocycles. The van der Waals surface area contributed by atoms with Crippen molar-refractivity contribution in [1.82, 2.24) is 4.31 Å². The molecule has 0 amide bonds. The standard InChI is InChI=1S/C12H18N2O3S/c13-12-4-2-1-3-10(12)9-18(16,17)14(7-8-15)11-5-6-11/h1-4,11,15H,5-9,13H2. The second-order valence-corrected chi connectivity index (χ2v) is 6.44. The van der Waals surface area contributed by atoms with Gasteiger partial charge in [-0.25, -0.2) is 8.42 Å². The number of nitrogens with two attached hydrogens (primary N) is 1. The van der Waals surface area contributed by atoms with E-state index in [1.54, 1.807) is 24.3 Å².